The van der Waals surface area contributed by atoms with Crippen LogP contribution in [0.4, 0.5) is 5.13 Å². The molecule has 9 heteroatoms. The van der Waals surface area contributed by atoms with Gasteiger partial charge in [-0.25, -0.2) is 0 Å². The van der Waals surface area contributed by atoms with Gasteiger partial charge in [-0.15, -0.1) is 10.2 Å². The molecule has 7 nitrogen and oxygen atoms in total. The smallest absolute Gasteiger partial charge is 0.267 e. The number of aromatic nitrogens is 2. The van der Waals surface area contributed by atoms with Crippen molar-refractivity contribution in [2.75, 3.05) is 7.11 Å². The summed E-state index contributed by atoms with van der Waals surface area (Å²) in [6, 6.07) is 5.20. The van der Waals surface area contributed by atoms with Gasteiger partial charge in [0.2, 0.25) is 5.13 Å². The van der Waals surface area contributed by atoms with E-state index in [4.69, 9.17) is 4.74 Å². The van der Waals surface area contributed by atoms with Crippen molar-refractivity contribution in [2.45, 2.75) is 45.1 Å². The molecule has 29 heavy (non-hydrogen) atoms. The molecule has 4 rings (SSSR count). The molecule has 2 aliphatic rings. The van der Waals surface area contributed by atoms with Crippen molar-refractivity contribution in [2.24, 2.45) is 4.99 Å². The number of methoxy groups -OCH3 is 1. The molecule has 1 saturated carbocycles. The van der Waals surface area contributed by atoms with E-state index >= 15 is 0 Å². The van der Waals surface area contributed by atoms with Crippen LogP contribution in [0.15, 0.2) is 28.1 Å². The second kappa shape index (κ2) is 8.54. The number of carbonyl (C=O) groups excluding carboxylic acids is 1. The number of carbonyl (C=O) groups is 1. The zero-order valence-electron chi connectivity index (χ0n) is 16.3. The minimum Gasteiger partial charge on any atom is -0.504 e. The van der Waals surface area contributed by atoms with Gasteiger partial charge in [0, 0.05) is 6.04 Å². The quantitative estimate of drug-likeness (QED) is 0.719. The minimum atomic E-state index is -0.0334. The second-order valence-electron chi connectivity index (χ2n) is 7.01. The number of rotatable bonds is 4. The highest BCUT2D eigenvalue weighted by atomic mass is 32.2. The highest BCUT2D eigenvalue weighted by Crippen LogP contribution is 2.39. The van der Waals surface area contributed by atoms with E-state index in [0.717, 1.165) is 36.3 Å². The lowest BCUT2D eigenvalue weighted by Crippen LogP contribution is -2.40. The third-order valence-corrected chi connectivity index (χ3v) is 6.70. The third-order valence-electron chi connectivity index (χ3n) is 4.98. The number of benzene rings is 1. The van der Waals surface area contributed by atoms with E-state index in [1.165, 1.54) is 36.6 Å². The number of ether oxygens (including phenoxy) is 1. The summed E-state index contributed by atoms with van der Waals surface area (Å²) in [5.41, 5.74) is 0.784. The SMILES string of the molecule is COc1cc(/C=C2\S/C(=N/c3nnc(C)s3)N(C3CCCCC3)C2=O)ccc1O. The minimum absolute atomic E-state index is 0.0334. The molecule has 1 amide bonds. The number of amidine groups is 1. The number of hydrogen-bond donors (Lipinski definition) is 1. The Bertz CT molecular complexity index is 980. The van der Waals surface area contributed by atoms with E-state index in [0.29, 0.717) is 21.0 Å². The summed E-state index contributed by atoms with van der Waals surface area (Å²) in [6.07, 6.45) is 7.25. The van der Waals surface area contributed by atoms with E-state index in [2.05, 4.69) is 15.2 Å². The van der Waals surface area contributed by atoms with Crippen LogP contribution in [0, 0.1) is 6.92 Å². The van der Waals surface area contributed by atoms with Gasteiger partial charge in [0.15, 0.2) is 16.7 Å². The molecular weight excluding hydrogens is 408 g/mol. The number of nitrogens with zero attached hydrogens (tertiary/aromatic N) is 4. The molecule has 2 aromatic rings. The summed E-state index contributed by atoms with van der Waals surface area (Å²) >= 11 is 2.77. The number of aliphatic imine (C=N–C) groups is 1. The van der Waals surface area contributed by atoms with E-state index in [1.807, 2.05) is 17.9 Å². The Balaban J connectivity index is 1.69. The molecule has 0 atom stereocenters. The van der Waals surface area contributed by atoms with Crippen LogP contribution in [-0.2, 0) is 4.79 Å². The first-order chi connectivity index (χ1) is 14.0. The molecule has 1 aromatic heterocycles. The largest absolute Gasteiger partial charge is 0.504 e. The average Bonchev–Trinajstić information content (AvgIpc) is 3.27. The maximum absolute atomic E-state index is 13.3. The maximum Gasteiger partial charge on any atom is 0.267 e. The zero-order chi connectivity index (χ0) is 20.4. The predicted octanol–water partition coefficient (Wildman–Crippen LogP) is 4.50. The summed E-state index contributed by atoms with van der Waals surface area (Å²) in [5, 5.41) is 20.0. The normalized spacial score (nSPS) is 20.8. The topological polar surface area (TPSA) is 87.9 Å². The molecule has 0 unspecified atom stereocenters. The number of phenolic OH excluding ortho intramolecular Hbond substituents is 1. The first-order valence-corrected chi connectivity index (χ1v) is 11.2. The zero-order valence-corrected chi connectivity index (χ0v) is 17.9. The second-order valence-corrected chi connectivity index (χ2v) is 9.18. The lowest BCUT2D eigenvalue weighted by molar-refractivity contribution is -0.124. The highest BCUT2D eigenvalue weighted by Gasteiger charge is 2.38. The molecule has 1 aliphatic heterocycles. The van der Waals surface area contributed by atoms with Crippen LogP contribution in [0.25, 0.3) is 6.08 Å². The average molecular weight is 431 g/mol. The third kappa shape index (κ3) is 4.30. The van der Waals surface area contributed by atoms with Gasteiger partial charge in [0.05, 0.1) is 12.0 Å². The van der Waals surface area contributed by atoms with Crippen molar-refractivity contribution in [1.29, 1.82) is 0 Å². The number of thioether (sulfide) groups is 1. The Labute approximate surface area is 177 Å². The van der Waals surface area contributed by atoms with E-state index < -0.39 is 0 Å². The number of hydrogen-bond acceptors (Lipinski definition) is 8. The summed E-state index contributed by atoms with van der Waals surface area (Å²) in [4.78, 5) is 20.4. The molecule has 2 heterocycles. The summed E-state index contributed by atoms with van der Waals surface area (Å²) in [5.74, 6) is 0.406. The van der Waals surface area contributed by atoms with E-state index in [1.54, 1.807) is 18.2 Å². The van der Waals surface area contributed by atoms with E-state index in [9.17, 15) is 9.90 Å². The van der Waals surface area contributed by atoms with Crippen molar-refractivity contribution in [3.8, 4) is 11.5 Å². The van der Waals surface area contributed by atoms with Gasteiger partial charge in [-0.1, -0.05) is 36.7 Å². The van der Waals surface area contributed by atoms with Crippen LogP contribution in [-0.4, -0.2) is 44.4 Å². The van der Waals surface area contributed by atoms with E-state index in [-0.39, 0.29) is 17.7 Å². The molecular formula is C20H22N4O3S2. The van der Waals surface area contributed by atoms with Crippen molar-refractivity contribution in [1.82, 2.24) is 15.1 Å². The number of aromatic hydroxyl groups is 1. The molecule has 0 bridgehead atoms. The van der Waals surface area contributed by atoms with Crippen molar-refractivity contribution < 1.29 is 14.6 Å². The molecule has 152 valence electrons. The van der Waals surface area contributed by atoms with Gasteiger partial charge in [0.1, 0.15) is 5.01 Å². The Morgan fingerprint density at radius 3 is 2.76 bits per heavy atom. The lowest BCUT2D eigenvalue weighted by atomic mass is 9.94. The van der Waals surface area contributed by atoms with Crippen molar-refractivity contribution >= 4 is 45.4 Å². The Morgan fingerprint density at radius 2 is 2.07 bits per heavy atom. The van der Waals surface area contributed by atoms with Gasteiger partial charge in [0.25, 0.3) is 5.91 Å². The fourth-order valence-electron chi connectivity index (χ4n) is 3.57. The van der Waals surface area contributed by atoms with Crippen molar-refractivity contribution in [3.05, 3.63) is 33.7 Å². The summed E-state index contributed by atoms with van der Waals surface area (Å²) in [7, 11) is 1.50. The Kier molecular flexibility index (Phi) is 5.86. The van der Waals surface area contributed by atoms with Gasteiger partial charge in [-0.3, -0.25) is 9.69 Å². The van der Waals surface area contributed by atoms with Crippen LogP contribution < -0.4 is 4.74 Å². The molecule has 0 radical (unpaired) electrons. The first kappa shape index (κ1) is 19.9. The van der Waals surface area contributed by atoms with Crippen LogP contribution in [0.3, 0.4) is 0 Å². The number of phenols is 1. The molecule has 2 fully saturated rings. The fourth-order valence-corrected chi connectivity index (χ4v) is 5.23. The first-order valence-electron chi connectivity index (χ1n) is 9.54. The standard InChI is InChI=1S/C20H22N4O3S2/c1-12-22-23-19(28-12)21-20-24(14-6-4-3-5-7-14)18(26)17(29-20)11-13-8-9-15(25)16(10-13)27-2/h8-11,14,25H,3-7H2,1-2H3/b17-11-,21-20+. The van der Waals surface area contributed by atoms with Crippen LogP contribution in [0.2, 0.25) is 0 Å². The summed E-state index contributed by atoms with van der Waals surface area (Å²) < 4.78 is 5.18. The predicted molar refractivity (Wildman–Crippen MR) is 116 cm³/mol. The van der Waals surface area contributed by atoms with Gasteiger partial charge >= 0.3 is 0 Å². The van der Waals surface area contributed by atoms with Crippen LogP contribution >= 0.6 is 23.1 Å². The number of aryl methyl sites for hydroxylation is 1. The maximum atomic E-state index is 13.3. The van der Waals surface area contributed by atoms with Gasteiger partial charge in [-0.2, -0.15) is 4.99 Å². The van der Waals surface area contributed by atoms with Crippen LogP contribution in [0.1, 0.15) is 42.7 Å². The van der Waals surface area contributed by atoms with Crippen molar-refractivity contribution in [3.63, 3.8) is 0 Å². The summed E-state index contributed by atoms with van der Waals surface area (Å²) in [6.45, 7) is 1.89. The van der Waals surface area contributed by atoms with Gasteiger partial charge < -0.3 is 9.84 Å². The lowest BCUT2D eigenvalue weighted by Gasteiger charge is -2.30. The van der Waals surface area contributed by atoms with Gasteiger partial charge in [-0.05, 0) is 55.3 Å². The molecule has 1 N–H and O–H groups in total. The monoisotopic (exact) mass is 430 g/mol. The van der Waals surface area contributed by atoms with Crippen LogP contribution in [0.5, 0.6) is 11.5 Å². The molecule has 1 aliphatic carbocycles. The Hall–Kier alpha value is -2.39. The molecule has 0 spiro atoms. The molecule has 1 saturated heterocycles. The number of amides is 1. The fraction of sp³-hybridized carbons (Fsp3) is 0.400. The molecule has 1 aromatic carbocycles. The highest BCUT2D eigenvalue weighted by molar-refractivity contribution is 8.18. The Morgan fingerprint density at radius 1 is 1.28 bits per heavy atom.